The van der Waals surface area contributed by atoms with Crippen LogP contribution < -0.4 is 5.32 Å². The number of hydrogen-bond acceptors (Lipinski definition) is 3. The van der Waals surface area contributed by atoms with Gasteiger partial charge in [-0.2, -0.15) is 0 Å². The molecule has 1 fully saturated rings. The van der Waals surface area contributed by atoms with E-state index in [4.69, 9.17) is 4.99 Å². The lowest BCUT2D eigenvalue weighted by molar-refractivity contribution is 0.179. The van der Waals surface area contributed by atoms with Gasteiger partial charge in [0, 0.05) is 12.1 Å². The van der Waals surface area contributed by atoms with Crippen molar-refractivity contribution in [3.63, 3.8) is 0 Å². The summed E-state index contributed by atoms with van der Waals surface area (Å²) in [5.74, 6) is 0. The Hall–Kier alpha value is -1.49. The molecule has 0 aromatic heterocycles. The van der Waals surface area contributed by atoms with Crippen molar-refractivity contribution in [2.45, 2.75) is 65.4 Å². The molecule has 0 saturated carbocycles. The molecule has 1 N–H and O–H groups in total. The second-order valence-corrected chi connectivity index (χ2v) is 8.98. The van der Waals surface area contributed by atoms with E-state index >= 15 is 0 Å². The fourth-order valence-electron chi connectivity index (χ4n) is 2.85. The Balaban J connectivity index is 2.61. The third-order valence-electron chi connectivity index (χ3n) is 4.07. The number of nitrogens with zero attached hydrogens (tertiary/aromatic N) is 2. The highest BCUT2D eigenvalue weighted by Crippen LogP contribution is 2.51. The smallest absolute Gasteiger partial charge is 0.318 e. The van der Waals surface area contributed by atoms with Crippen LogP contribution in [0.1, 0.15) is 54.0 Å². The van der Waals surface area contributed by atoms with Crippen molar-refractivity contribution in [2.75, 3.05) is 0 Å². The van der Waals surface area contributed by atoms with Crippen LogP contribution in [0.15, 0.2) is 35.3 Å². The number of amides is 2. The normalized spacial score (nSPS) is 24.0. The van der Waals surface area contributed by atoms with Gasteiger partial charge in [0.2, 0.25) is 0 Å². The van der Waals surface area contributed by atoms with Gasteiger partial charge < -0.3 is 5.32 Å². The Morgan fingerprint density at radius 1 is 1.12 bits per heavy atom. The lowest BCUT2D eigenvalue weighted by Gasteiger charge is -2.50. The SMILES string of the molecule is CC(C)N=C1S[C@@](c2ccccc2)(C(C)(C)C)NC(=O)N1C(C)C. The summed E-state index contributed by atoms with van der Waals surface area (Å²) in [7, 11) is 0. The minimum Gasteiger partial charge on any atom is -0.318 e. The van der Waals surface area contributed by atoms with Gasteiger partial charge in [-0.15, -0.1) is 0 Å². The molecule has 1 aliphatic rings. The van der Waals surface area contributed by atoms with Gasteiger partial charge in [0.1, 0.15) is 4.87 Å². The molecule has 4 nitrogen and oxygen atoms in total. The van der Waals surface area contributed by atoms with Crippen molar-refractivity contribution in [2.24, 2.45) is 10.4 Å². The van der Waals surface area contributed by atoms with E-state index in [1.54, 1.807) is 16.7 Å². The van der Waals surface area contributed by atoms with Gasteiger partial charge in [-0.1, -0.05) is 62.9 Å². The van der Waals surface area contributed by atoms with Crippen molar-refractivity contribution in [1.29, 1.82) is 0 Å². The first-order valence-corrected chi connectivity index (χ1v) is 9.34. The number of urea groups is 1. The molecular weight excluding hydrogens is 318 g/mol. The number of carbonyl (C=O) groups excluding carboxylic acids is 1. The van der Waals surface area contributed by atoms with Crippen molar-refractivity contribution < 1.29 is 4.79 Å². The van der Waals surface area contributed by atoms with Crippen LogP contribution in [-0.4, -0.2) is 28.2 Å². The van der Waals surface area contributed by atoms with E-state index in [2.05, 4.69) is 38.2 Å². The predicted octanol–water partition coefficient (Wildman–Crippen LogP) is 4.82. The van der Waals surface area contributed by atoms with E-state index in [1.807, 2.05) is 45.9 Å². The topological polar surface area (TPSA) is 44.7 Å². The summed E-state index contributed by atoms with van der Waals surface area (Å²) in [6, 6.07) is 10.3. The van der Waals surface area contributed by atoms with E-state index in [-0.39, 0.29) is 23.5 Å². The second kappa shape index (κ2) is 6.79. The molecule has 132 valence electrons. The van der Waals surface area contributed by atoms with Crippen LogP contribution in [-0.2, 0) is 4.87 Å². The van der Waals surface area contributed by atoms with E-state index in [1.165, 1.54) is 0 Å². The molecule has 1 atom stereocenters. The standard InChI is InChI=1S/C19H29N3OS/c1-13(2)20-17-22(14(3)4)16(23)21-19(24-17,18(5,6)7)15-11-9-8-10-12-15/h8-14H,1-7H3,(H,21,23)/t19-/m0/s1. The minimum absolute atomic E-state index is 0.0590. The summed E-state index contributed by atoms with van der Waals surface area (Å²) < 4.78 is 0. The Morgan fingerprint density at radius 3 is 2.17 bits per heavy atom. The van der Waals surface area contributed by atoms with Crippen molar-refractivity contribution >= 4 is 23.0 Å². The van der Waals surface area contributed by atoms with Gasteiger partial charge in [-0.05, 0) is 38.7 Å². The molecular formula is C19H29N3OS. The molecule has 24 heavy (non-hydrogen) atoms. The van der Waals surface area contributed by atoms with Crippen LogP contribution in [0.3, 0.4) is 0 Å². The number of rotatable bonds is 3. The molecule has 0 bridgehead atoms. The number of nitrogens with one attached hydrogen (secondary N) is 1. The molecule has 1 aliphatic heterocycles. The molecule has 2 rings (SSSR count). The van der Waals surface area contributed by atoms with Crippen molar-refractivity contribution in [3.05, 3.63) is 35.9 Å². The third kappa shape index (κ3) is 3.46. The summed E-state index contributed by atoms with van der Waals surface area (Å²) in [5, 5.41) is 4.08. The lowest BCUT2D eigenvalue weighted by atomic mass is 9.81. The monoisotopic (exact) mass is 347 g/mol. The minimum atomic E-state index is -0.551. The highest BCUT2D eigenvalue weighted by atomic mass is 32.2. The zero-order valence-corrected chi connectivity index (χ0v) is 16.6. The molecule has 1 aromatic rings. The molecule has 0 unspecified atom stereocenters. The summed E-state index contributed by atoms with van der Waals surface area (Å²) in [5.41, 5.74) is 0.908. The fraction of sp³-hybridized carbons (Fsp3) is 0.579. The van der Waals surface area contributed by atoms with Crippen LogP contribution in [0.5, 0.6) is 0 Å². The molecule has 0 radical (unpaired) electrons. The number of carbonyl (C=O) groups is 1. The number of hydrogen-bond donors (Lipinski definition) is 1. The molecule has 1 heterocycles. The first kappa shape index (κ1) is 18.8. The average molecular weight is 348 g/mol. The van der Waals surface area contributed by atoms with Crippen LogP contribution >= 0.6 is 11.8 Å². The molecule has 2 amide bonds. The van der Waals surface area contributed by atoms with Gasteiger partial charge in [0.15, 0.2) is 5.17 Å². The first-order valence-electron chi connectivity index (χ1n) is 8.52. The third-order valence-corrected chi connectivity index (χ3v) is 5.81. The van der Waals surface area contributed by atoms with E-state index < -0.39 is 4.87 Å². The summed E-state index contributed by atoms with van der Waals surface area (Å²) >= 11 is 1.65. The number of benzene rings is 1. The Labute approximate surface area is 150 Å². The fourth-order valence-corrected chi connectivity index (χ4v) is 4.48. The highest BCUT2D eigenvalue weighted by Gasteiger charge is 2.52. The highest BCUT2D eigenvalue weighted by molar-refractivity contribution is 8.14. The lowest BCUT2D eigenvalue weighted by Crippen LogP contribution is -2.63. The Morgan fingerprint density at radius 2 is 1.71 bits per heavy atom. The van der Waals surface area contributed by atoms with Gasteiger partial charge in [0.25, 0.3) is 0 Å². The molecule has 0 aliphatic carbocycles. The number of aliphatic imine (C=N–C) groups is 1. The first-order chi connectivity index (χ1) is 11.1. The summed E-state index contributed by atoms with van der Waals surface area (Å²) in [6.07, 6.45) is 0. The van der Waals surface area contributed by atoms with E-state index in [9.17, 15) is 4.79 Å². The summed E-state index contributed by atoms with van der Waals surface area (Å²) in [6.45, 7) is 14.6. The van der Waals surface area contributed by atoms with Crippen LogP contribution in [0.4, 0.5) is 4.79 Å². The van der Waals surface area contributed by atoms with Crippen molar-refractivity contribution in [1.82, 2.24) is 10.2 Å². The van der Waals surface area contributed by atoms with E-state index in [0.717, 1.165) is 10.7 Å². The molecule has 1 saturated heterocycles. The van der Waals surface area contributed by atoms with Crippen LogP contribution in [0.2, 0.25) is 0 Å². The maximum Gasteiger partial charge on any atom is 0.325 e. The van der Waals surface area contributed by atoms with Gasteiger partial charge in [-0.25, -0.2) is 4.79 Å². The predicted molar refractivity (Wildman–Crippen MR) is 103 cm³/mol. The zero-order chi connectivity index (χ0) is 18.1. The maximum absolute atomic E-state index is 13.0. The van der Waals surface area contributed by atoms with Crippen molar-refractivity contribution in [3.8, 4) is 0 Å². The average Bonchev–Trinajstić information content (AvgIpc) is 2.45. The molecule has 0 spiro atoms. The van der Waals surface area contributed by atoms with Gasteiger partial charge in [0.05, 0.1) is 0 Å². The van der Waals surface area contributed by atoms with Crippen LogP contribution in [0, 0.1) is 5.41 Å². The molecule has 5 heteroatoms. The van der Waals surface area contributed by atoms with Gasteiger partial charge >= 0.3 is 6.03 Å². The number of thioether (sulfide) groups is 1. The maximum atomic E-state index is 13.0. The second-order valence-electron chi connectivity index (χ2n) is 7.80. The zero-order valence-electron chi connectivity index (χ0n) is 15.8. The van der Waals surface area contributed by atoms with E-state index in [0.29, 0.717) is 0 Å². The Kier molecular flexibility index (Phi) is 5.33. The summed E-state index contributed by atoms with van der Waals surface area (Å²) in [4.78, 5) is 19.0. The Bertz CT molecular complexity index is 619. The molecule has 1 aromatic carbocycles. The quantitative estimate of drug-likeness (QED) is 0.852. The van der Waals surface area contributed by atoms with Crippen LogP contribution in [0.25, 0.3) is 0 Å². The van der Waals surface area contributed by atoms with Gasteiger partial charge in [-0.3, -0.25) is 9.89 Å². The number of amidine groups is 1. The largest absolute Gasteiger partial charge is 0.325 e.